The number of carbonyl (C=O) groups is 2. The fourth-order valence-electron chi connectivity index (χ4n) is 4.23. The van der Waals surface area contributed by atoms with Gasteiger partial charge in [0.15, 0.2) is 0 Å². The molecule has 2 bridgehead atoms. The highest BCUT2D eigenvalue weighted by atomic mass is 16.5. The Morgan fingerprint density at radius 3 is 2.84 bits per heavy atom. The molecule has 0 spiro atoms. The molecule has 1 atom stereocenters. The number of aromatic nitrogens is 3. The highest BCUT2D eigenvalue weighted by Crippen LogP contribution is 2.21. The highest BCUT2D eigenvalue weighted by Gasteiger charge is 2.20. The Hall–Kier alpha value is -3.92. The van der Waals surface area contributed by atoms with Crippen molar-refractivity contribution in [1.29, 1.82) is 0 Å². The van der Waals surface area contributed by atoms with Gasteiger partial charge < -0.3 is 20.5 Å². The lowest BCUT2D eigenvalue weighted by molar-refractivity contribution is -0.122. The number of hydrogen-bond donors (Lipinski definition) is 3. The summed E-state index contributed by atoms with van der Waals surface area (Å²) in [5.74, 6) is 0.116. The summed E-state index contributed by atoms with van der Waals surface area (Å²) in [6, 6.07) is 11.9. The molecule has 3 aromatic rings. The van der Waals surface area contributed by atoms with E-state index >= 15 is 0 Å². The summed E-state index contributed by atoms with van der Waals surface area (Å²) in [6.07, 6.45) is 3.32. The van der Waals surface area contributed by atoms with Crippen LogP contribution in [0.2, 0.25) is 0 Å². The number of nitrogens with zero attached hydrogens (tertiary/aromatic N) is 4. The van der Waals surface area contributed by atoms with Crippen molar-refractivity contribution in [3.05, 3.63) is 71.0 Å². The molecule has 0 saturated heterocycles. The van der Waals surface area contributed by atoms with Gasteiger partial charge in [-0.25, -0.2) is 0 Å². The number of nitrogens with one attached hydrogen (secondary N) is 2. The predicted octanol–water partition coefficient (Wildman–Crippen LogP) is 2.40. The molecule has 10 nitrogen and oxygen atoms in total. The predicted molar refractivity (Wildman–Crippen MR) is 138 cm³/mol. The van der Waals surface area contributed by atoms with Crippen LogP contribution in [0.25, 0.3) is 0 Å². The Kier molecular flexibility index (Phi) is 8.73. The first-order valence-corrected chi connectivity index (χ1v) is 12.6. The highest BCUT2D eigenvalue weighted by molar-refractivity contribution is 5.99. The van der Waals surface area contributed by atoms with E-state index in [2.05, 4.69) is 25.8 Å². The van der Waals surface area contributed by atoms with Gasteiger partial charge in [0.25, 0.3) is 5.91 Å². The Balaban J connectivity index is 1.49. The first kappa shape index (κ1) is 26.2. The van der Waals surface area contributed by atoms with E-state index < -0.39 is 6.04 Å². The summed E-state index contributed by atoms with van der Waals surface area (Å²) in [5.41, 5.74) is 3.20. The summed E-state index contributed by atoms with van der Waals surface area (Å²) in [7, 11) is 0. The van der Waals surface area contributed by atoms with Crippen LogP contribution in [-0.4, -0.2) is 62.6 Å². The van der Waals surface area contributed by atoms with Crippen LogP contribution in [0, 0.1) is 6.92 Å². The van der Waals surface area contributed by atoms with Crippen LogP contribution in [0.1, 0.15) is 46.9 Å². The molecular formula is C27H34N6O4. The van der Waals surface area contributed by atoms with Gasteiger partial charge in [-0.15, -0.1) is 5.10 Å². The maximum atomic E-state index is 12.9. The summed E-state index contributed by atoms with van der Waals surface area (Å²) < 4.78 is 7.75. The van der Waals surface area contributed by atoms with Crippen LogP contribution >= 0.6 is 0 Å². The molecule has 2 aromatic carbocycles. The van der Waals surface area contributed by atoms with Gasteiger partial charge in [-0.3, -0.25) is 19.2 Å². The minimum Gasteiger partial charge on any atom is -0.508 e. The quantitative estimate of drug-likeness (QED) is 0.488. The number of aryl methyl sites for hydroxylation is 2. The third kappa shape index (κ3) is 7.53. The molecule has 0 fully saturated rings. The fourth-order valence-corrected chi connectivity index (χ4v) is 4.23. The number of phenolic OH excluding ortho intramolecular Hbond substituents is 1. The molecule has 4 rings (SSSR count). The molecule has 0 unspecified atom stereocenters. The Morgan fingerprint density at radius 1 is 1.14 bits per heavy atom. The zero-order valence-electron chi connectivity index (χ0n) is 21.3. The number of benzene rings is 2. The van der Waals surface area contributed by atoms with Crippen molar-refractivity contribution in [2.75, 3.05) is 19.7 Å². The van der Waals surface area contributed by atoms with Gasteiger partial charge in [0, 0.05) is 45.3 Å². The van der Waals surface area contributed by atoms with E-state index in [0.717, 1.165) is 16.8 Å². The third-order valence-electron chi connectivity index (χ3n) is 6.15. The van der Waals surface area contributed by atoms with Crippen molar-refractivity contribution in [1.82, 2.24) is 30.5 Å². The molecule has 1 aliphatic heterocycles. The largest absolute Gasteiger partial charge is 0.508 e. The number of ether oxygens (including phenoxy) is 1. The molecule has 0 saturated carbocycles. The van der Waals surface area contributed by atoms with E-state index in [1.807, 2.05) is 37.4 Å². The maximum absolute atomic E-state index is 12.9. The number of aromatic hydroxyl groups is 1. The molecule has 10 heteroatoms. The number of hydrogen-bond acceptors (Lipinski definition) is 7. The maximum Gasteiger partial charge on any atom is 0.255 e. The molecule has 196 valence electrons. The molecule has 0 aliphatic carbocycles. The first-order valence-electron chi connectivity index (χ1n) is 12.6. The van der Waals surface area contributed by atoms with Gasteiger partial charge in [0.2, 0.25) is 5.91 Å². The summed E-state index contributed by atoms with van der Waals surface area (Å²) in [4.78, 5) is 27.8. The van der Waals surface area contributed by atoms with E-state index in [4.69, 9.17) is 4.74 Å². The van der Waals surface area contributed by atoms with Crippen molar-refractivity contribution >= 4 is 11.8 Å². The summed E-state index contributed by atoms with van der Waals surface area (Å²) in [6.45, 7) is 6.99. The lowest BCUT2D eigenvalue weighted by Gasteiger charge is -2.22. The van der Waals surface area contributed by atoms with Crippen molar-refractivity contribution in [2.45, 2.75) is 52.4 Å². The second-order valence-corrected chi connectivity index (χ2v) is 9.39. The van der Waals surface area contributed by atoms with Crippen LogP contribution < -0.4 is 15.4 Å². The van der Waals surface area contributed by atoms with Gasteiger partial charge in [0.05, 0.1) is 17.9 Å². The van der Waals surface area contributed by atoms with E-state index in [1.165, 1.54) is 0 Å². The molecule has 0 radical (unpaired) electrons. The van der Waals surface area contributed by atoms with Gasteiger partial charge in [-0.1, -0.05) is 23.4 Å². The number of phenols is 1. The number of rotatable bonds is 2. The second kappa shape index (κ2) is 12.4. The zero-order valence-corrected chi connectivity index (χ0v) is 21.3. The van der Waals surface area contributed by atoms with Crippen LogP contribution in [0.4, 0.5) is 0 Å². The van der Waals surface area contributed by atoms with E-state index in [0.29, 0.717) is 63.5 Å². The van der Waals surface area contributed by atoms with E-state index in [-0.39, 0.29) is 17.6 Å². The fraction of sp³-hybridized carbons (Fsp3) is 0.407. The SMILES string of the molecule is Cc1ccc2c(c1)OCCCn1cc(nn1)CN(Cc1cccc(O)c1)CCCNC(=O)[C@@H](C)NC2=O. The molecule has 1 aromatic heterocycles. The lowest BCUT2D eigenvalue weighted by Crippen LogP contribution is -2.45. The monoisotopic (exact) mass is 506 g/mol. The molecular weight excluding hydrogens is 472 g/mol. The lowest BCUT2D eigenvalue weighted by atomic mass is 10.1. The minimum absolute atomic E-state index is 0.226. The number of carbonyl (C=O) groups excluding carboxylic acids is 2. The Labute approximate surface area is 216 Å². The average Bonchev–Trinajstić information content (AvgIpc) is 3.30. The van der Waals surface area contributed by atoms with Gasteiger partial charge in [-0.2, -0.15) is 0 Å². The van der Waals surface area contributed by atoms with Gasteiger partial charge >= 0.3 is 0 Å². The van der Waals surface area contributed by atoms with E-state index in [9.17, 15) is 14.7 Å². The molecule has 3 N–H and O–H groups in total. The Bertz CT molecular complexity index is 1230. The van der Waals surface area contributed by atoms with Crippen molar-refractivity contribution in [3.63, 3.8) is 0 Å². The van der Waals surface area contributed by atoms with Gasteiger partial charge in [-0.05, 0) is 55.7 Å². The number of fused-ring (bicyclic) bond motifs is 3. The topological polar surface area (TPSA) is 122 Å². The third-order valence-corrected chi connectivity index (χ3v) is 6.15. The Morgan fingerprint density at radius 2 is 2.00 bits per heavy atom. The van der Waals surface area contributed by atoms with Crippen molar-refractivity contribution < 1.29 is 19.4 Å². The van der Waals surface area contributed by atoms with Gasteiger partial charge in [0.1, 0.15) is 17.5 Å². The molecule has 2 heterocycles. The molecule has 2 amide bonds. The smallest absolute Gasteiger partial charge is 0.255 e. The van der Waals surface area contributed by atoms with Crippen molar-refractivity contribution in [2.24, 2.45) is 0 Å². The summed E-state index contributed by atoms with van der Waals surface area (Å²) >= 11 is 0. The normalized spacial score (nSPS) is 18.4. The molecule has 37 heavy (non-hydrogen) atoms. The van der Waals surface area contributed by atoms with E-state index in [1.54, 1.807) is 29.8 Å². The zero-order chi connectivity index (χ0) is 26.2. The van der Waals surface area contributed by atoms with Crippen LogP contribution in [0.5, 0.6) is 11.5 Å². The first-order chi connectivity index (χ1) is 17.9. The average molecular weight is 507 g/mol. The van der Waals surface area contributed by atoms with Crippen LogP contribution in [0.15, 0.2) is 48.7 Å². The standard InChI is InChI=1S/C27H34N6O4/c1-19-8-9-24-25(14-19)37-13-5-12-33-18-22(30-31-33)17-32(16-21-6-3-7-23(34)15-21)11-4-10-28-26(35)20(2)29-27(24)36/h3,6-9,14-15,18,20,34H,4-5,10-13,16-17H2,1-2H3,(H,28,35)(H,29,36)/t20-/m1/s1. The molecule has 1 aliphatic rings. The van der Waals surface area contributed by atoms with Crippen molar-refractivity contribution in [3.8, 4) is 11.5 Å². The minimum atomic E-state index is -0.693. The second-order valence-electron chi connectivity index (χ2n) is 9.39. The number of amides is 2. The van der Waals surface area contributed by atoms with Crippen LogP contribution in [-0.2, 0) is 24.4 Å². The van der Waals surface area contributed by atoms with Crippen LogP contribution in [0.3, 0.4) is 0 Å². The summed E-state index contributed by atoms with van der Waals surface area (Å²) in [5, 5.41) is 24.1.